The molecule has 0 saturated carbocycles. The number of carbonyl (C=O) groups is 2. The molecule has 0 atom stereocenters. The number of nitrogens with zero attached hydrogens (tertiary/aromatic N) is 2. The third-order valence-corrected chi connectivity index (χ3v) is 5.12. The minimum absolute atomic E-state index is 0.118. The average molecular weight is 436 g/mol. The molecule has 4 rings (SSSR count). The number of nitrogens with one attached hydrogen (secondary N) is 2. The molecule has 0 saturated heterocycles. The van der Waals surface area contributed by atoms with Crippen LogP contribution < -0.4 is 15.4 Å². The second-order valence-electron chi connectivity index (χ2n) is 7.19. The van der Waals surface area contributed by atoms with Crippen molar-refractivity contribution in [2.45, 2.75) is 6.54 Å². The molecule has 0 aromatic heterocycles. The number of hydrogen-bond acceptors (Lipinski definition) is 5. The summed E-state index contributed by atoms with van der Waals surface area (Å²) in [6.07, 6.45) is 0. The van der Waals surface area contributed by atoms with E-state index in [1.165, 1.54) is 0 Å². The van der Waals surface area contributed by atoms with Crippen LogP contribution in [-0.2, 0) is 11.3 Å². The zero-order valence-electron chi connectivity index (χ0n) is 17.8. The number of carbonyl (C=O) groups excluding carboxylic acids is 2. The fourth-order valence-corrected chi connectivity index (χ4v) is 3.41. The van der Waals surface area contributed by atoms with E-state index in [0.29, 0.717) is 22.4 Å². The number of ether oxygens (including phenoxy) is 1. The first-order valence-electron chi connectivity index (χ1n) is 10.2. The molecule has 162 valence electrons. The van der Waals surface area contributed by atoms with Gasteiger partial charge in [-0.2, -0.15) is 5.26 Å². The number of fused-ring (bicyclic) bond motifs is 1. The summed E-state index contributed by atoms with van der Waals surface area (Å²) in [7, 11) is 1.55. The molecule has 2 N–H and O–H groups in total. The van der Waals surface area contributed by atoms with Crippen LogP contribution in [0.1, 0.15) is 27.0 Å². The quantitative estimate of drug-likeness (QED) is 0.472. The van der Waals surface area contributed by atoms with Gasteiger partial charge in [0.2, 0.25) is 0 Å². The van der Waals surface area contributed by atoms with Crippen molar-refractivity contribution in [1.82, 2.24) is 10.6 Å². The molecular formula is C26H20N4O3. The Morgan fingerprint density at radius 1 is 0.939 bits per heavy atom. The number of rotatable bonds is 5. The summed E-state index contributed by atoms with van der Waals surface area (Å²) in [5.41, 5.74) is 2.69. The van der Waals surface area contributed by atoms with E-state index in [1.54, 1.807) is 55.6 Å². The summed E-state index contributed by atoms with van der Waals surface area (Å²) < 4.78 is 5.12. The Morgan fingerprint density at radius 2 is 1.61 bits per heavy atom. The summed E-state index contributed by atoms with van der Waals surface area (Å²) >= 11 is 0. The fraction of sp³-hybridized carbons (Fsp3) is 0.0769. The van der Waals surface area contributed by atoms with Crippen LogP contribution in [0.25, 0.3) is 5.70 Å². The number of amides is 2. The predicted molar refractivity (Wildman–Crippen MR) is 124 cm³/mol. The van der Waals surface area contributed by atoms with Gasteiger partial charge in [0.1, 0.15) is 23.2 Å². The van der Waals surface area contributed by atoms with Crippen LogP contribution in [0.15, 0.2) is 89.4 Å². The largest absolute Gasteiger partial charge is 0.497 e. The van der Waals surface area contributed by atoms with Gasteiger partial charge in [-0.15, -0.1) is 0 Å². The number of hydrogen-bond donors (Lipinski definition) is 2. The molecule has 1 aliphatic heterocycles. The number of nitriles is 1. The summed E-state index contributed by atoms with van der Waals surface area (Å²) in [5.74, 6) is 0.0302. The Hall–Kier alpha value is -4.70. The smallest absolute Gasteiger partial charge is 0.264 e. The monoisotopic (exact) mass is 436 g/mol. The van der Waals surface area contributed by atoms with Gasteiger partial charge in [-0.3, -0.25) is 9.59 Å². The Morgan fingerprint density at radius 3 is 2.27 bits per heavy atom. The van der Waals surface area contributed by atoms with Crippen LogP contribution in [0.3, 0.4) is 0 Å². The number of amidine groups is 1. The van der Waals surface area contributed by atoms with Crippen molar-refractivity contribution in [2.75, 3.05) is 7.11 Å². The second-order valence-corrected chi connectivity index (χ2v) is 7.19. The molecule has 0 aliphatic carbocycles. The van der Waals surface area contributed by atoms with Crippen molar-refractivity contribution in [1.29, 1.82) is 5.26 Å². The molecule has 7 nitrogen and oxygen atoms in total. The average Bonchev–Trinajstić information content (AvgIpc) is 3.22. The topological polar surface area (TPSA) is 104 Å². The van der Waals surface area contributed by atoms with Gasteiger partial charge >= 0.3 is 0 Å². The molecule has 7 heteroatoms. The van der Waals surface area contributed by atoms with E-state index in [-0.39, 0.29) is 29.6 Å². The second kappa shape index (κ2) is 9.62. The molecule has 3 aromatic carbocycles. The lowest BCUT2D eigenvalue weighted by Crippen LogP contribution is -2.30. The molecule has 2 amide bonds. The summed E-state index contributed by atoms with van der Waals surface area (Å²) in [6, 6.07) is 25.2. The first-order valence-corrected chi connectivity index (χ1v) is 10.2. The van der Waals surface area contributed by atoms with Crippen molar-refractivity contribution in [2.24, 2.45) is 4.99 Å². The number of methoxy groups -OCH3 is 1. The predicted octanol–water partition coefficient (Wildman–Crippen LogP) is 3.44. The number of aliphatic imine (C=N–C) groups is 1. The maximum absolute atomic E-state index is 12.8. The fourth-order valence-electron chi connectivity index (χ4n) is 3.41. The maximum atomic E-state index is 12.8. The van der Waals surface area contributed by atoms with Gasteiger partial charge in [0, 0.05) is 23.2 Å². The van der Waals surface area contributed by atoms with Gasteiger partial charge < -0.3 is 15.4 Å². The molecular weight excluding hydrogens is 416 g/mol. The molecule has 0 spiro atoms. The van der Waals surface area contributed by atoms with E-state index < -0.39 is 5.91 Å². The minimum Gasteiger partial charge on any atom is -0.497 e. The molecule has 0 fully saturated rings. The van der Waals surface area contributed by atoms with Crippen LogP contribution in [0.4, 0.5) is 0 Å². The highest BCUT2D eigenvalue weighted by atomic mass is 16.5. The van der Waals surface area contributed by atoms with E-state index >= 15 is 0 Å². The first kappa shape index (κ1) is 21.5. The lowest BCUT2D eigenvalue weighted by molar-refractivity contribution is -0.117. The highest BCUT2D eigenvalue weighted by Gasteiger charge is 2.27. The Kier molecular flexibility index (Phi) is 6.28. The van der Waals surface area contributed by atoms with E-state index in [4.69, 9.17) is 4.74 Å². The molecule has 0 bridgehead atoms. The molecule has 33 heavy (non-hydrogen) atoms. The van der Waals surface area contributed by atoms with Crippen molar-refractivity contribution in [3.05, 3.63) is 107 Å². The number of benzene rings is 3. The van der Waals surface area contributed by atoms with Gasteiger partial charge in [0.25, 0.3) is 11.8 Å². The van der Waals surface area contributed by atoms with Crippen molar-refractivity contribution < 1.29 is 14.3 Å². The van der Waals surface area contributed by atoms with E-state index in [9.17, 15) is 14.9 Å². The van der Waals surface area contributed by atoms with Gasteiger partial charge in [-0.25, -0.2) is 4.99 Å². The Bertz CT molecular complexity index is 1300. The molecule has 0 radical (unpaired) electrons. The normalized spacial score (nSPS) is 13.3. The standard InChI is InChI=1S/C26H20N4O3/c1-33-19-13-11-18(12-14-19)25(31)30-24-21-10-6-5-9-20(21)23(29-24)22(15-27)26(32)28-16-17-7-3-2-4-8-17/h2-14H,16H2,1H3,(H,28,32)(H,29,30,31). The SMILES string of the molecule is COc1ccc(C(=O)NC2=NC(=C(C#N)C(=O)NCc3ccccc3)c3ccccc32)cc1. The van der Waals surface area contributed by atoms with Crippen LogP contribution in [0, 0.1) is 11.3 Å². The highest BCUT2D eigenvalue weighted by molar-refractivity contribution is 6.20. The third-order valence-electron chi connectivity index (χ3n) is 5.12. The van der Waals surface area contributed by atoms with Gasteiger partial charge in [-0.05, 0) is 29.8 Å². The van der Waals surface area contributed by atoms with E-state index in [0.717, 1.165) is 5.56 Å². The Balaban J connectivity index is 1.61. The zero-order chi connectivity index (χ0) is 23.2. The lowest BCUT2D eigenvalue weighted by atomic mass is 10.0. The van der Waals surface area contributed by atoms with Crippen molar-refractivity contribution >= 4 is 23.3 Å². The van der Waals surface area contributed by atoms with Gasteiger partial charge in [0.05, 0.1) is 12.8 Å². The molecule has 1 aliphatic rings. The van der Waals surface area contributed by atoms with Crippen LogP contribution in [-0.4, -0.2) is 24.8 Å². The van der Waals surface area contributed by atoms with Gasteiger partial charge in [-0.1, -0.05) is 54.6 Å². The summed E-state index contributed by atoms with van der Waals surface area (Å²) in [4.78, 5) is 30.0. The third kappa shape index (κ3) is 4.65. The molecule has 3 aromatic rings. The first-order chi connectivity index (χ1) is 16.1. The minimum atomic E-state index is -0.530. The van der Waals surface area contributed by atoms with Crippen molar-refractivity contribution in [3.63, 3.8) is 0 Å². The van der Waals surface area contributed by atoms with Crippen LogP contribution in [0.2, 0.25) is 0 Å². The zero-order valence-corrected chi connectivity index (χ0v) is 17.8. The molecule has 0 unspecified atom stereocenters. The molecule has 1 heterocycles. The van der Waals surface area contributed by atoms with Gasteiger partial charge in [0.15, 0.2) is 0 Å². The Labute approximate surface area is 191 Å². The van der Waals surface area contributed by atoms with E-state index in [2.05, 4.69) is 15.6 Å². The van der Waals surface area contributed by atoms with E-state index in [1.807, 2.05) is 36.4 Å². The maximum Gasteiger partial charge on any atom is 0.264 e. The van der Waals surface area contributed by atoms with Crippen LogP contribution >= 0.6 is 0 Å². The lowest BCUT2D eigenvalue weighted by Gasteiger charge is -2.07. The highest BCUT2D eigenvalue weighted by Crippen LogP contribution is 2.30. The summed E-state index contributed by atoms with van der Waals surface area (Å²) in [6.45, 7) is 0.282. The summed E-state index contributed by atoms with van der Waals surface area (Å²) in [5, 5.41) is 15.3. The van der Waals surface area contributed by atoms with Crippen molar-refractivity contribution in [3.8, 4) is 11.8 Å². The van der Waals surface area contributed by atoms with Crippen LogP contribution in [0.5, 0.6) is 5.75 Å².